The molecular formula is C23H28Br2N2O3. The quantitative estimate of drug-likeness (QED) is 0.482. The van der Waals surface area contributed by atoms with E-state index >= 15 is 0 Å². The van der Waals surface area contributed by atoms with Crippen LogP contribution >= 0.6 is 31.9 Å². The molecule has 0 saturated heterocycles. The highest BCUT2D eigenvalue weighted by Crippen LogP contribution is 2.26. The smallest absolute Gasteiger partial charge is 0.261 e. The van der Waals surface area contributed by atoms with Gasteiger partial charge in [-0.05, 0) is 78.5 Å². The topological polar surface area (TPSA) is 58.6 Å². The second-order valence-electron chi connectivity index (χ2n) is 7.40. The van der Waals surface area contributed by atoms with E-state index < -0.39 is 6.04 Å². The second-order valence-corrected chi connectivity index (χ2v) is 9.17. The Morgan fingerprint density at radius 1 is 1.07 bits per heavy atom. The number of rotatable bonds is 9. The lowest BCUT2D eigenvalue weighted by molar-refractivity contribution is -0.142. The molecule has 2 aromatic carbocycles. The average molecular weight is 540 g/mol. The number of ether oxygens (including phenoxy) is 1. The number of halogens is 2. The van der Waals surface area contributed by atoms with E-state index in [1.54, 1.807) is 11.8 Å². The molecule has 30 heavy (non-hydrogen) atoms. The van der Waals surface area contributed by atoms with Crippen LogP contribution in [0, 0.1) is 0 Å². The standard InChI is InChI=1S/C23H28Br2N2O3/c1-5-17-9-10-21(20(25)12-17)30-14-22(28)27(16(4)23(29)26-15(2)3)13-18-7-6-8-19(24)11-18/h6-12,15-16H,5,13-14H2,1-4H3,(H,26,29)/t16-/m1/s1. The molecule has 0 saturated carbocycles. The lowest BCUT2D eigenvalue weighted by Gasteiger charge is -2.29. The molecule has 0 aliphatic heterocycles. The Morgan fingerprint density at radius 2 is 1.80 bits per heavy atom. The predicted molar refractivity (Wildman–Crippen MR) is 126 cm³/mol. The highest BCUT2D eigenvalue weighted by Gasteiger charge is 2.27. The van der Waals surface area contributed by atoms with E-state index in [1.165, 1.54) is 5.56 Å². The van der Waals surface area contributed by atoms with Crippen LogP contribution in [-0.4, -0.2) is 35.4 Å². The summed E-state index contributed by atoms with van der Waals surface area (Å²) in [6.07, 6.45) is 0.917. The number of nitrogens with zero attached hydrogens (tertiary/aromatic N) is 1. The monoisotopic (exact) mass is 538 g/mol. The van der Waals surface area contributed by atoms with Crippen LogP contribution in [0.4, 0.5) is 0 Å². The molecule has 1 N–H and O–H groups in total. The summed E-state index contributed by atoms with van der Waals surface area (Å²) in [6, 6.07) is 12.9. The summed E-state index contributed by atoms with van der Waals surface area (Å²) >= 11 is 6.95. The van der Waals surface area contributed by atoms with E-state index in [2.05, 4.69) is 44.1 Å². The average Bonchev–Trinajstić information content (AvgIpc) is 2.69. The molecule has 0 fully saturated rings. The highest BCUT2D eigenvalue weighted by atomic mass is 79.9. The Hall–Kier alpha value is -1.86. The zero-order valence-corrected chi connectivity index (χ0v) is 20.9. The molecule has 7 heteroatoms. The third-order valence-corrected chi connectivity index (χ3v) is 5.71. The molecule has 0 unspecified atom stereocenters. The normalized spacial score (nSPS) is 11.8. The molecule has 0 spiro atoms. The molecule has 162 valence electrons. The van der Waals surface area contributed by atoms with Crippen LogP contribution in [0.1, 0.15) is 38.8 Å². The van der Waals surface area contributed by atoms with Gasteiger partial charge < -0.3 is 15.0 Å². The van der Waals surface area contributed by atoms with Gasteiger partial charge in [0.05, 0.1) is 4.47 Å². The molecule has 2 amide bonds. The van der Waals surface area contributed by atoms with Gasteiger partial charge in [-0.1, -0.05) is 41.1 Å². The largest absolute Gasteiger partial charge is 0.483 e. The van der Waals surface area contributed by atoms with Gasteiger partial charge in [-0.2, -0.15) is 0 Å². The molecular weight excluding hydrogens is 512 g/mol. The highest BCUT2D eigenvalue weighted by molar-refractivity contribution is 9.10. The number of hydrogen-bond acceptors (Lipinski definition) is 3. The second kappa shape index (κ2) is 11.5. The first-order valence-corrected chi connectivity index (χ1v) is 11.5. The van der Waals surface area contributed by atoms with Crippen molar-refractivity contribution in [3.8, 4) is 5.75 Å². The maximum Gasteiger partial charge on any atom is 0.261 e. The SMILES string of the molecule is CCc1ccc(OCC(=O)N(Cc2cccc(Br)c2)[C@H](C)C(=O)NC(C)C)c(Br)c1. The van der Waals surface area contributed by atoms with E-state index in [1.807, 2.05) is 56.3 Å². The van der Waals surface area contributed by atoms with Crippen molar-refractivity contribution in [1.29, 1.82) is 0 Å². The van der Waals surface area contributed by atoms with Crippen LogP contribution in [0.5, 0.6) is 5.75 Å². The number of hydrogen-bond donors (Lipinski definition) is 1. The Bertz CT molecular complexity index is 887. The van der Waals surface area contributed by atoms with Crippen molar-refractivity contribution in [3.05, 3.63) is 62.5 Å². The third kappa shape index (κ3) is 7.13. The van der Waals surface area contributed by atoms with Gasteiger partial charge in [-0.25, -0.2) is 0 Å². The van der Waals surface area contributed by atoms with E-state index in [9.17, 15) is 9.59 Å². The Kier molecular flexibility index (Phi) is 9.37. The molecule has 0 aromatic heterocycles. The first-order valence-electron chi connectivity index (χ1n) is 9.96. The lowest BCUT2D eigenvalue weighted by atomic mass is 10.1. The molecule has 0 heterocycles. The van der Waals surface area contributed by atoms with Gasteiger partial charge in [0.2, 0.25) is 5.91 Å². The molecule has 0 radical (unpaired) electrons. The Balaban J connectivity index is 2.17. The van der Waals surface area contributed by atoms with Crippen molar-refractivity contribution in [3.63, 3.8) is 0 Å². The first kappa shape index (κ1) is 24.4. The van der Waals surface area contributed by atoms with Gasteiger partial charge in [0.1, 0.15) is 11.8 Å². The summed E-state index contributed by atoms with van der Waals surface area (Å²) in [5.41, 5.74) is 2.10. The van der Waals surface area contributed by atoms with Gasteiger partial charge >= 0.3 is 0 Å². The fraction of sp³-hybridized carbons (Fsp3) is 0.391. The molecule has 0 aliphatic carbocycles. The van der Waals surface area contributed by atoms with Crippen LogP contribution in [0.15, 0.2) is 51.4 Å². The zero-order chi connectivity index (χ0) is 22.3. The van der Waals surface area contributed by atoms with Crippen molar-refractivity contribution in [2.24, 2.45) is 0 Å². The van der Waals surface area contributed by atoms with Crippen LogP contribution in [-0.2, 0) is 22.6 Å². The van der Waals surface area contributed by atoms with E-state index in [4.69, 9.17) is 4.74 Å². The summed E-state index contributed by atoms with van der Waals surface area (Å²) in [5, 5.41) is 2.88. The fourth-order valence-corrected chi connectivity index (χ4v) is 3.91. The van der Waals surface area contributed by atoms with Crippen LogP contribution in [0.3, 0.4) is 0 Å². The Labute approximate surface area is 195 Å². The van der Waals surface area contributed by atoms with Crippen molar-refractivity contribution in [2.75, 3.05) is 6.61 Å². The fourth-order valence-electron chi connectivity index (χ4n) is 2.92. The van der Waals surface area contributed by atoms with Crippen molar-refractivity contribution < 1.29 is 14.3 Å². The molecule has 2 aromatic rings. The summed E-state index contributed by atoms with van der Waals surface area (Å²) in [4.78, 5) is 27.2. The third-order valence-electron chi connectivity index (χ3n) is 4.60. The van der Waals surface area contributed by atoms with E-state index in [0.717, 1.165) is 20.9 Å². The minimum atomic E-state index is -0.631. The summed E-state index contributed by atoms with van der Waals surface area (Å²) in [5.74, 6) is 0.150. The number of aryl methyl sites for hydroxylation is 1. The molecule has 5 nitrogen and oxygen atoms in total. The van der Waals surface area contributed by atoms with Crippen LogP contribution in [0.25, 0.3) is 0 Å². The molecule has 0 aliphatic rings. The summed E-state index contributed by atoms with van der Waals surface area (Å²) in [6.45, 7) is 7.76. The Morgan fingerprint density at radius 3 is 2.40 bits per heavy atom. The molecule has 0 bridgehead atoms. The molecule has 2 rings (SSSR count). The predicted octanol–water partition coefficient (Wildman–Crippen LogP) is 5.09. The van der Waals surface area contributed by atoms with Gasteiger partial charge in [-0.15, -0.1) is 0 Å². The van der Waals surface area contributed by atoms with Gasteiger partial charge in [0.25, 0.3) is 5.91 Å². The van der Waals surface area contributed by atoms with E-state index in [-0.39, 0.29) is 24.5 Å². The maximum absolute atomic E-state index is 13.1. The van der Waals surface area contributed by atoms with E-state index in [0.29, 0.717) is 12.3 Å². The van der Waals surface area contributed by atoms with Crippen LogP contribution < -0.4 is 10.1 Å². The number of carbonyl (C=O) groups is 2. The van der Waals surface area contributed by atoms with Crippen molar-refractivity contribution in [1.82, 2.24) is 10.2 Å². The number of benzene rings is 2. The van der Waals surface area contributed by atoms with Gasteiger partial charge in [0, 0.05) is 17.1 Å². The number of amides is 2. The summed E-state index contributed by atoms with van der Waals surface area (Å²) < 4.78 is 7.50. The maximum atomic E-state index is 13.1. The minimum Gasteiger partial charge on any atom is -0.483 e. The zero-order valence-electron chi connectivity index (χ0n) is 17.7. The first-order chi connectivity index (χ1) is 14.2. The lowest BCUT2D eigenvalue weighted by Crippen LogP contribution is -2.50. The number of nitrogens with one attached hydrogen (secondary N) is 1. The van der Waals surface area contributed by atoms with Gasteiger partial charge in [0.15, 0.2) is 6.61 Å². The van der Waals surface area contributed by atoms with Crippen molar-refractivity contribution in [2.45, 2.75) is 52.7 Å². The molecule has 1 atom stereocenters. The van der Waals surface area contributed by atoms with Crippen molar-refractivity contribution >= 4 is 43.7 Å². The van der Waals surface area contributed by atoms with Gasteiger partial charge in [-0.3, -0.25) is 9.59 Å². The number of carbonyl (C=O) groups excluding carboxylic acids is 2. The minimum absolute atomic E-state index is 0.00735. The van der Waals surface area contributed by atoms with Crippen LogP contribution in [0.2, 0.25) is 0 Å². The summed E-state index contributed by atoms with van der Waals surface area (Å²) in [7, 11) is 0.